The third-order valence-corrected chi connectivity index (χ3v) is 12.8. The number of nitrogens with two attached hydrogens (primary N) is 1. The number of carbonyl (C=O) groups is 2. The highest BCUT2D eigenvalue weighted by Gasteiger charge is 2.29. The van der Waals surface area contributed by atoms with Crippen molar-refractivity contribution in [3.63, 3.8) is 0 Å². The Morgan fingerprint density at radius 1 is 0.573 bits per heavy atom. The first kappa shape index (κ1) is 69.8. The van der Waals surface area contributed by atoms with Gasteiger partial charge in [-0.2, -0.15) is 13.0 Å². The van der Waals surface area contributed by atoms with Crippen LogP contribution in [0.3, 0.4) is 0 Å². The zero-order valence-corrected chi connectivity index (χ0v) is 49.7. The van der Waals surface area contributed by atoms with Gasteiger partial charge in [0.05, 0.1) is 154 Å². The van der Waals surface area contributed by atoms with Crippen LogP contribution in [0.25, 0.3) is 21.8 Å². The number of aromatic nitrogens is 1. The van der Waals surface area contributed by atoms with Crippen molar-refractivity contribution < 1.29 is 98.2 Å². The standard InChI is InChI=1S/C58H89N3O20S/c1-7-17-69-27-31-75-40-49(41-76-32-28-70-18-8-2)79-47-10-12-53-51(38-47)55(58(63)81-56-44(3)36-46(37-45(56)4)57(62)60-15-20-72-26-25-71-19-14-59)52-39-48(11-13-54(52)61(53)16-9-35-82(64,65)66)80-50(42-77-33-29-73-23-21-67-5)43-78-34-30-74-24-22-68-6/h10-13,36-39,49-50H,7-9,14-35,40-43,59H2,1-6H3,(H-,60,62,64,65,66)/p+1. The molecule has 0 spiro atoms. The Bertz CT molecular complexity index is 2500. The maximum absolute atomic E-state index is 15.3. The molecule has 4 N–H and O–H groups in total. The molecule has 23 nitrogen and oxygen atoms in total. The Morgan fingerprint density at radius 2 is 0.988 bits per heavy atom. The quantitative estimate of drug-likeness (QED) is 0.0133. The fourth-order valence-electron chi connectivity index (χ4n) is 8.25. The largest absolute Gasteiger partial charge is 0.486 e. The van der Waals surface area contributed by atoms with Crippen molar-refractivity contribution in [3.8, 4) is 17.2 Å². The second-order valence-electron chi connectivity index (χ2n) is 18.8. The van der Waals surface area contributed by atoms with Gasteiger partial charge in [0.2, 0.25) is 11.0 Å². The third kappa shape index (κ3) is 26.9. The number of methoxy groups -OCH3 is 2. The summed E-state index contributed by atoms with van der Waals surface area (Å²) in [4.78, 5) is 28.7. The number of pyridine rings is 1. The minimum Gasteiger partial charge on any atom is -0.486 e. The monoisotopic (exact) mass is 1180 g/mol. The molecule has 0 aliphatic carbocycles. The molecular formula is C58H90N3O20S+. The van der Waals surface area contributed by atoms with Crippen LogP contribution in [0.2, 0.25) is 0 Å². The molecule has 0 atom stereocenters. The van der Waals surface area contributed by atoms with Crippen LogP contribution in [-0.2, 0) is 73.5 Å². The Hall–Kier alpha value is -4.74. The summed E-state index contributed by atoms with van der Waals surface area (Å²) in [5, 5.41) is 3.62. The summed E-state index contributed by atoms with van der Waals surface area (Å²) < 4.78 is 123. The highest BCUT2D eigenvalue weighted by Crippen LogP contribution is 2.34. The molecule has 0 unspecified atom stereocenters. The minimum absolute atomic E-state index is 0.0192. The first-order valence-corrected chi connectivity index (χ1v) is 29.7. The maximum atomic E-state index is 15.3. The number of carbonyl (C=O) groups excluding carboxylic acids is 2. The number of nitrogens with zero attached hydrogens (tertiary/aromatic N) is 1. The van der Waals surface area contributed by atoms with E-state index < -0.39 is 34.0 Å². The third-order valence-electron chi connectivity index (χ3n) is 12.0. The smallest absolute Gasteiger partial charge is 0.345 e. The summed E-state index contributed by atoms with van der Waals surface area (Å²) >= 11 is 0. The molecule has 0 bridgehead atoms. The molecule has 1 aromatic heterocycles. The number of hydrogen-bond acceptors (Lipinski definition) is 20. The predicted molar refractivity (Wildman–Crippen MR) is 306 cm³/mol. The van der Waals surface area contributed by atoms with E-state index in [1.807, 2.05) is 18.4 Å². The average molecular weight is 1180 g/mol. The normalized spacial score (nSPS) is 11.9. The molecule has 3 aromatic carbocycles. The lowest BCUT2D eigenvalue weighted by molar-refractivity contribution is -0.645. The fourth-order valence-corrected chi connectivity index (χ4v) is 8.74. The lowest BCUT2D eigenvalue weighted by Crippen LogP contribution is -2.37. The Morgan fingerprint density at radius 3 is 1.41 bits per heavy atom. The van der Waals surface area contributed by atoms with Gasteiger partial charge in [0.15, 0.2) is 6.54 Å². The minimum atomic E-state index is -4.34. The molecule has 4 rings (SSSR count). The second-order valence-corrected chi connectivity index (χ2v) is 20.4. The van der Waals surface area contributed by atoms with Gasteiger partial charge in [-0.15, -0.1) is 0 Å². The second kappa shape index (κ2) is 41.3. The van der Waals surface area contributed by atoms with E-state index in [-0.39, 0.29) is 83.0 Å². The summed E-state index contributed by atoms with van der Waals surface area (Å²) in [5.74, 6) is -0.672. The highest BCUT2D eigenvalue weighted by atomic mass is 32.2. The number of nitrogens with one attached hydrogen (secondary N) is 1. The number of aryl methyl sites for hydroxylation is 3. The van der Waals surface area contributed by atoms with Gasteiger partial charge in [-0.1, -0.05) is 13.8 Å². The van der Waals surface area contributed by atoms with E-state index in [0.717, 1.165) is 12.8 Å². The zero-order chi connectivity index (χ0) is 59.2. The predicted octanol–water partition coefficient (Wildman–Crippen LogP) is 4.86. The van der Waals surface area contributed by atoms with Crippen LogP contribution >= 0.6 is 0 Å². The van der Waals surface area contributed by atoms with Crippen molar-refractivity contribution in [1.29, 1.82) is 0 Å². The van der Waals surface area contributed by atoms with E-state index in [1.165, 1.54) is 0 Å². The molecule has 0 aliphatic heterocycles. The van der Waals surface area contributed by atoms with Crippen molar-refractivity contribution in [2.75, 3.05) is 178 Å². The van der Waals surface area contributed by atoms with Crippen molar-refractivity contribution >= 4 is 43.8 Å². The van der Waals surface area contributed by atoms with Crippen molar-refractivity contribution in [3.05, 3.63) is 70.8 Å². The van der Waals surface area contributed by atoms with Gasteiger partial charge >= 0.3 is 5.97 Å². The Kier molecular flexibility index (Phi) is 35.1. The summed E-state index contributed by atoms with van der Waals surface area (Å²) in [6.45, 7) is 15.8. The van der Waals surface area contributed by atoms with E-state index in [9.17, 15) is 17.8 Å². The van der Waals surface area contributed by atoms with E-state index in [0.29, 0.717) is 156 Å². The van der Waals surface area contributed by atoms with E-state index in [4.69, 9.17) is 76.8 Å². The zero-order valence-electron chi connectivity index (χ0n) is 48.9. The number of benzene rings is 3. The molecule has 0 fully saturated rings. The Labute approximate surface area is 483 Å². The van der Waals surface area contributed by atoms with Gasteiger partial charge in [-0.05, 0) is 74.2 Å². The van der Waals surface area contributed by atoms with Crippen LogP contribution < -0.4 is 29.8 Å². The summed E-state index contributed by atoms with van der Waals surface area (Å²) in [6, 6.07) is 13.8. The van der Waals surface area contributed by atoms with Gasteiger partial charge in [0, 0.05) is 64.6 Å². The number of amides is 1. The topological polar surface area (TPSA) is 269 Å². The molecular weight excluding hydrogens is 1090 g/mol. The number of esters is 1. The lowest BCUT2D eigenvalue weighted by atomic mass is 10.0. The molecule has 1 amide bonds. The average Bonchev–Trinajstić information content (AvgIpc) is 1.62. The van der Waals surface area contributed by atoms with Crippen molar-refractivity contribution in [2.24, 2.45) is 5.73 Å². The molecule has 0 saturated carbocycles. The molecule has 0 radical (unpaired) electrons. The number of hydrogen-bond donors (Lipinski definition) is 3. The van der Waals surface area contributed by atoms with Crippen LogP contribution in [0.5, 0.6) is 17.2 Å². The van der Waals surface area contributed by atoms with Crippen LogP contribution in [0, 0.1) is 13.8 Å². The van der Waals surface area contributed by atoms with E-state index >= 15 is 4.79 Å². The van der Waals surface area contributed by atoms with E-state index in [1.54, 1.807) is 76.6 Å². The molecule has 0 aliphatic rings. The van der Waals surface area contributed by atoms with Crippen LogP contribution in [0.4, 0.5) is 0 Å². The van der Waals surface area contributed by atoms with Gasteiger partial charge in [-0.3, -0.25) is 9.35 Å². The molecule has 462 valence electrons. The van der Waals surface area contributed by atoms with Gasteiger partial charge in [-0.25, -0.2) is 4.79 Å². The highest BCUT2D eigenvalue weighted by molar-refractivity contribution is 7.85. The summed E-state index contributed by atoms with van der Waals surface area (Å²) in [7, 11) is -1.15. The number of rotatable bonds is 49. The lowest BCUT2D eigenvalue weighted by Gasteiger charge is -2.21. The first-order chi connectivity index (χ1) is 39.8. The summed E-state index contributed by atoms with van der Waals surface area (Å²) in [6.07, 6.45) is 0.503. The van der Waals surface area contributed by atoms with Crippen LogP contribution in [-0.4, -0.2) is 215 Å². The number of ether oxygens (including phenoxy) is 15. The molecule has 82 heavy (non-hydrogen) atoms. The van der Waals surface area contributed by atoms with Crippen molar-refractivity contribution in [1.82, 2.24) is 5.32 Å². The van der Waals surface area contributed by atoms with Gasteiger partial charge < -0.3 is 82.1 Å². The van der Waals surface area contributed by atoms with Crippen LogP contribution in [0.15, 0.2) is 48.5 Å². The van der Waals surface area contributed by atoms with Gasteiger partial charge in [0.25, 0.3) is 16.0 Å². The molecule has 0 saturated heterocycles. The van der Waals surface area contributed by atoms with Crippen LogP contribution in [0.1, 0.15) is 65.0 Å². The van der Waals surface area contributed by atoms with E-state index in [2.05, 4.69) is 5.32 Å². The van der Waals surface area contributed by atoms with Gasteiger partial charge in [0.1, 0.15) is 29.5 Å². The Balaban J connectivity index is 1.83. The first-order valence-electron chi connectivity index (χ1n) is 28.1. The fraction of sp³-hybridized carbons (Fsp3) is 0.638. The summed E-state index contributed by atoms with van der Waals surface area (Å²) in [5.41, 5.74) is 8.02. The number of fused-ring (bicyclic) bond motifs is 2. The van der Waals surface area contributed by atoms with Crippen molar-refractivity contribution in [2.45, 2.75) is 65.7 Å². The molecule has 1 heterocycles. The SMILES string of the molecule is CCCOCCOCC(COCCOCCC)Oc1ccc2c(c1)c(C(=O)Oc1c(C)cc(C(=O)NCCOCCOCCN)cc1C)c1cc(OC(COCCOCCOC)COCCOCCOC)ccc1[n+]2CCCS(=O)(=O)O. The molecule has 4 aromatic rings. The maximum Gasteiger partial charge on any atom is 0.345 e. The molecule has 24 heteroatoms.